The molecule has 2 aromatic heterocycles. The number of hydrogen-bond donors (Lipinski definition) is 0. The van der Waals surface area contributed by atoms with Crippen molar-refractivity contribution in [3.05, 3.63) is 54.1 Å². The van der Waals surface area contributed by atoms with Crippen molar-refractivity contribution in [1.29, 1.82) is 0 Å². The first kappa shape index (κ1) is 17.2. The lowest BCUT2D eigenvalue weighted by molar-refractivity contribution is 0.0498. The van der Waals surface area contributed by atoms with Gasteiger partial charge >= 0.3 is 0 Å². The predicted molar refractivity (Wildman–Crippen MR) is 96.3 cm³/mol. The van der Waals surface area contributed by atoms with Crippen molar-refractivity contribution in [3.63, 3.8) is 0 Å². The van der Waals surface area contributed by atoms with Crippen LogP contribution in [-0.4, -0.2) is 60.0 Å². The Balaban J connectivity index is 1.32. The van der Waals surface area contributed by atoms with Gasteiger partial charge in [0.05, 0.1) is 30.7 Å². The number of carbonyl (C=O) groups excluding carboxylic acids is 1. The smallest absolute Gasteiger partial charge is 0.254 e. The van der Waals surface area contributed by atoms with Gasteiger partial charge in [-0.1, -0.05) is 5.21 Å². The summed E-state index contributed by atoms with van der Waals surface area (Å²) in [5, 5.41) is 16.4. The van der Waals surface area contributed by atoms with E-state index in [9.17, 15) is 4.79 Å². The number of ether oxygens (including phenoxy) is 1. The summed E-state index contributed by atoms with van der Waals surface area (Å²) in [5.74, 6) is 0.785. The minimum atomic E-state index is 0.0171. The third-order valence-corrected chi connectivity index (χ3v) is 4.32. The Kier molecular flexibility index (Phi) is 4.57. The van der Waals surface area contributed by atoms with Crippen LogP contribution in [-0.2, 0) is 6.54 Å². The lowest BCUT2D eigenvalue weighted by Crippen LogP contribution is -2.50. The van der Waals surface area contributed by atoms with E-state index in [1.165, 1.54) is 0 Å². The number of likely N-dealkylation sites (tertiary alicyclic amines) is 1. The number of nitrogens with zero attached hydrogens (tertiary/aromatic N) is 7. The molecule has 3 heterocycles. The zero-order valence-electron chi connectivity index (χ0n) is 15.3. The number of hydrogen-bond acceptors (Lipinski definition) is 6. The fourth-order valence-corrected chi connectivity index (χ4v) is 2.95. The Morgan fingerprint density at radius 2 is 1.89 bits per heavy atom. The van der Waals surface area contributed by atoms with Gasteiger partial charge in [0.15, 0.2) is 0 Å². The molecule has 9 heteroatoms. The van der Waals surface area contributed by atoms with Crippen molar-refractivity contribution in [3.8, 4) is 5.75 Å². The van der Waals surface area contributed by atoms with Gasteiger partial charge in [0.25, 0.3) is 5.91 Å². The highest BCUT2D eigenvalue weighted by atomic mass is 16.5. The fourth-order valence-electron chi connectivity index (χ4n) is 2.95. The minimum absolute atomic E-state index is 0.0171. The second kappa shape index (κ2) is 7.18. The van der Waals surface area contributed by atoms with Gasteiger partial charge in [0, 0.05) is 18.7 Å². The zero-order valence-corrected chi connectivity index (χ0v) is 15.3. The second-order valence-corrected chi connectivity index (χ2v) is 6.80. The van der Waals surface area contributed by atoms with Gasteiger partial charge in [-0.3, -0.25) is 4.79 Å². The first-order valence-electron chi connectivity index (χ1n) is 8.89. The first-order chi connectivity index (χ1) is 13.1. The third-order valence-electron chi connectivity index (χ3n) is 4.32. The monoisotopic (exact) mass is 367 g/mol. The normalized spacial score (nSPS) is 14.4. The summed E-state index contributed by atoms with van der Waals surface area (Å²) in [6.07, 6.45) is 5.25. The standard InChI is InChI=1S/C18H21N7O2/c1-13(2)27-17-5-3-14(4-6-17)18(26)23-11-16(12-23)24-9-15(21-22-24)10-25-19-7-8-20-25/h3-9,13,16H,10-12H2,1-2H3. The third kappa shape index (κ3) is 3.81. The van der Waals surface area contributed by atoms with E-state index in [1.807, 2.05) is 36.9 Å². The molecule has 0 aliphatic carbocycles. The predicted octanol–water partition coefficient (Wildman–Crippen LogP) is 1.40. The van der Waals surface area contributed by atoms with Crippen molar-refractivity contribution < 1.29 is 9.53 Å². The maximum absolute atomic E-state index is 12.6. The molecule has 0 saturated carbocycles. The maximum atomic E-state index is 12.6. The molecule has 0 radical (unpaired) electrons. The largest absolute Gasteiger partial charge is 0.491 e. The van der Waals surface area contributed by atoms with E-state index in [0.717, 1.165) is 11.4 Å². The summed E-state index contributed by atoms with van der Waals surface area (Å²) in [6.45, 7) is 5.66. The Labute approximate surface area is 156 Å². The molecule has 0 atom stereocenters. The molecule has 4 rings (SSSR count). The molecule has 27 heavy (non-hydrogen) atoms. The molecule has 1 fully saturated rings. The summed E-state index contributed by atoms with van der Waals surface area (Å²) >= 11 is 0. The highest BCUT2D eigenvalue weighted by Gasteiger charge is 2.33. The van der Waals surface area contributed by atoms with Crippen LogP contribution in [0.15, 0.2) is 42.9 Å². The molecule has 0 unspecified atom stereocenters. The Morgan fingerprint density at radius 3 is 2.56 bits per heavy atom. The van der Waals surface area contributed by atoms with Crippen LogP contribution >= 0.6 is 0 Å². The van der Waals surface area contributed by atoms with E-state index >= 15 is 0 Å². The van der Waals surface area contributed by atoms with Crippen molar-refractivity contribution in [2.45, 2.75) is 32.5 Å². The van der Waals surface area contributed by atoms with Crippen LogP contribution in [0.1, 0.15) is 35.9 Å². The molecular formula is C18H21N7O2. The maximum Gasteiger partial charge on any atom is 0.254 e. The van der Waals surface area contributed by atoms with Crippen LogP contribution in [0.25, 0.3) is 0 Å². The van der Waals surface area contributed by atoms with E-state index in [4.69, 9.17) is 4.74 Å². The van der Waals surface area contributed by atoms with E-state index in [0.29, 0.717) is 25.2 Å². The number of aromatic nitrogens is 6. The van der Waals surface area contributed by atoms with Crippen LogP contribution in [0.5, 0.6) is 5.75 Å². The highest BCUT2D eigenvalue weighted by molar-refractivity contribution is 5.94. The Hall–Kier alpha value is -3.23. The molecule has 1 aliphatic rings. The van der Waals surface area contributed by atoms with Crippen LogP contribution in [0.4, 0.5) is 0 Å². The molecule has 9 nitrogen and oxygen atoms in total. The first-order valence-corrected chi connectivity index (χ1v) is 8.89. The van der Waals surface area contributed by atoms with Crippen LogP contribution in [0.3, 0.4) is 0 Å². The number of amides is 1. The molecule has 1 aromatic carbocycles. The van der Waals surface area contributed by atoms with Gasteiger partial charge in [0.2, 0.25) is 0 Å². The van der Waals surface area contributed by atoms with Crippen LogP contribution in [0, 0.1) is 0 Å². The molecule has 1 aliphatic heterocycles. The molecule has 0 N–H and O–H groups in total. The summed E-state index contributed by atoms with van der Waals surface area (Å²) in [4.78, 5) is 15.9. The molecular weight excluding hydrogens is 346 g/mol. The summed E-state index contributed by atoms with van der Waals surface area (Å²) in [7, 11) is 0. The fraction of sp³-hybridized carbons (Fsp3) is 0.389. The molecule has 3 aromatic rings. The van der Waals surface area contributed by atoms with Gasteiger partial charge in [-0.15, -0.1) is 5.10 Å². The van der Waals surface area contributed by atoms with Gasteiger partial charge in [-0.05, 0) is 38.1 Å². The van der Waals surface area contributed by atoms with Gasteiger partial charge in [-0.2, -0.15) is 15.0 Å². The topological polar surface area (TPSA) is 91.0 Å². The molecule has 1 amide bonds. The highest BCUT2D eigenvalue weighted by Crippen LogP contribution is 2.23. The molecule has 1 saturated heterocycles. The second-order valence-electron chi connectivity index (χ2n) is 6.80. The molecule has 0 spiro atoms. The van der Waals surface area contributed by atoms with Crippen LogP contribution in [0.2, 0.25) is 0 Å². The van der Waals surface area contributed by atoms with Gasteiger partial charge < -0.3 is 9.64 Å². The summed E-state index contributed by atoms with van der Waals surface area (Å²) in [6, 6.07) is 7.41. The van der Waals surface area contributed by atoms with E-state index in [2.05, 4.69) is 20.5 Å². The average molecular weight is 367 g/mol. The van der Waals surface area contributed by atoms with Gasteiger partial charge in [-0.25, -0.2) is 4.68 Å². The summed E-state index contributed by atoms with van der Waals surface area (Å²) < 4.78 is 7.42. The summed E-state index contributed by atoms with van der Waals surface area (Å²) in [5.41, 5.74) is 1.45. The Morgan fingerprint density at radius 1 is 1.19 bits per heavy atom. The lowest BCUT2D eigenvalue weighted by Gasteiger charge is -2.38. The zero-order chi connectivity index (χ0) is 18.8. The van der Waals surface area contributed by atoms with Crippen molar-refractivity contribution >= 4 is 5.91 Å². The van der Waals surface area contributed by atoms with E-state index < -0.39 is 0 Å². The van der Waals surface area contributed by atoms with Gasteiger partial charge in [0.1, 0.15) is 18.0 Å². The molecule has 140 valence electrons. The number of rotatable bonds is 6. The molecule has 0 bridgehead atoms. The quantitative estimate of drug-likeness (QED) is 0.654. The van der Waals surface area contributed by atoms with Crippen LogP contribution < -0.4 is 4.74 Å². The van der Waals surface area contributed by atoms with E-state index in [1.54, 1.807) is 34.2 Å². The van der Waals surface area contributed by atoms with Crippen molar-refractivity contribution in [1.82, 2.24) is 34.9 Å². The van der Waals surface area contributed by atoms with E-state index in [-0.39, 0.29) is 18.1 Å². The van der Waals surface area contributed by atoms with Crippen molar-refractivity contribution in [2.24, 2.45) is 0 Å². The number of benzene rings is 1. The Bertz CT molecular complexity index is 896. The average Bonchev–Trinajstić information content (AvgIpc) is 3.26. The number of carbonyl (C=O) groups is 1. The SMILES string of the molecule is CC(C)Oc1ccc(C(=O)N2CC(n3cc(Cn4nccn4)nn3)C2)cc1. The lowest BCUT2D eigenvalue weighted by atomic mass is 10.1. The van der Waals surface area contributed by atoms with Crippen molar-refractivity contribution in [2.75, 3.05) is 13.1 Å². The minimum Gasteiger partial charge on any atom is -0.491 e.